The molecular formula is C24H30FN3O2. The molecule has 0 saturated carbocycles. The summed E-state index contributed by atoms with van der Waals surface area (Å²) in [6, 6.07) is 15.5. The summed E-state index contributed by atoms with van der Waals surface area (Å²) in [6.07, 6.45) is 1.70. The summed E-state index contributed by atoms with van der Waals surface area (Å²) >= 11 is 0. The molecule has 0 aromatic heterocycles. The van der Waals surface area contributed by atoms with Crippen molar-refractivity contribution in [2.75, 3.05) is 25.0 Å². The fourth-order valence-corrected chi connectivity index (χ4v) is 3.91. The Balaban J connectivity index is 1.55. The van der Waals surface area contributed by atoms with E-state index in [0.29, 0.717) is 6.54 Å². The van der Waals surface area contributed by atoms with Crippen molar-refractivity contribution < 1.29 is 14.0 Å². The van der Waals surface area contributed by atoms with Gasteiger partial charge in [0.05, 0.1) is 18.5 Å². The quantitative estimate of drug-likeness (QED) is 0.724. The Morgan fingerprint density at radius 1 is 1.10 bits per heavy atom. The van der Waals surface area contributed by atoms with Gasteiger partial charge in [-0.05, 0) is 55.1 Å². The van der Waals surface area contributed by atoms with Crippen LogP contribution in [-0.4, -0.2) is 36.3 Å². The van der Waals surface area contributed by atoms with Gasteiger partial charge >= 0.3 is 0 Å². The van der Waals surface area contributed by atoms with Crippen LogP contribution >= 0.6 is 0 Å². The molecular weight excluding hydrogens is 381 g/mol. The first kappa shape index (κ1) is 22.0. The minimum atomic E-state index is -0.291. The van der Waals surface area contributed by atoms with Gasteiger partial charge in [0.25, 0.3) is 0 Å². The maximum absolute atomic E-state index is 13.2. The fourth-order valence-electron chi connectivity index (χ4n) is 3.91. The van der Waals surface area contributed by atoms with Gasteiger partial charge in [0, 0.05) is 12.2 Å². The smallest absolute Gasteiger partial charge is 0.234 e. The molecule has 0 unspecified atom stereocenters. The first-order valence-corrected chi connectivity index (χ1v) is 10.6. The van der Waals surface area contributed by atoms with E-state index in [1.165, 1.54) is 12.1 Å². The van der Waals surface area contributed by atoms with Crippen LogP contribution in [0, 0.1) is 17.7 Å². The third-order valence-corrected chi connectivity index (χ3v) is 5.50. The topological polar surface area (TPSA) is 61.4 Å². The number of hydrogen-bond donors (Lipinski definition) is 2. The maximum atomic E-state index is 13.2. The third-order valence-electron chi connectivity index (χ3n) is 5.50. The number of likely N-dealkylation sites (tertiary alicyclic amines) is 1. The predicted octanol–water partition coefficient (Wildman–Crippen LogP) is 3.99. The number of carbonyl (C=O) groups is 2. The second-order valence-electron chi connectivity index (χ2n) is 8.27. The summed E-state index contributed by atoms with van der Waals surface area (Å²) in [5.41, 5.74) is 1.68. The van der Waals surface area contributed by atoms with Crippen LogP contribution in [0.15, 0.2) is 54.6 Å². The lowest BCUT2D eigenvalue weighted by molar-refractivity contribution is -0.126. The molecule has 2 N–H and O–H groups in total. The van der Waals surface area contributed by atoms with Crippen molar-refractivity contribution in [3.63, 3.8) is 0 Å². The fraction of sp³-hybridized carbons (Fsp3) is 0.417. The second-order valence-corrected chi connectivity index (χ2v) is 8.27. The number of rotatable bonds is 7. The highest BCUT2D eigenvalue weighted by Crippen LogP contribution is 2.23. The van der Waals surface area contributed by atoms with Gasteiger partial charge in [-0.25, -0.2) is 4.39 Å². The molecule has 1 heterocycles. The molecule has 2 aromatic rings. The first-order chi connectivity index (χ1) is 14.4. The molecule has 1 aliphatic rings. The minimum absolute atomic E-state index is 0.00215. The summed E-state index contributed by atoms with van der Waals surface area (Å²) in [5, 5.41) is 6.04. The average molecular weight is 412 g/mol. The molecule has 0 bridgehead atoms. The summed E-state index contributed by atoms with van der Waals surface area (Å²) in [5.74, 6) is -0.338. The SMILES string of the molecule is CC(C)[C@@H](NC(=O)CN1CCC[C@@H](C(=O)Nc2ccccc2)C1)c1ccc(F)cc1. The Bertz CT molecular complexity index is 839. The standard InChI is InChI=1S/C24H30FN3O2/c1-17(2)23(18-10-12-20(25)13-11-18)27-22(29)16-28-14-6-7-19(15-28)24(30)26-21-8-4-3-5-9-21/h3-5,8-13,17,19,23H,6-7,14-16H2,1-2H3,(H,26,30)(H,27,29)/t19-,23-/m1/s1. The van der Waals surface area contributed by atoms with Crippen molar-refractivity contribution in [1.29, 1.82) is 0 Å². The molecule has 2 aromatic carbocycles. The molecule has 1 fully saturated rings. The van der Waals surface area contributed by atoms with Crippen molar-refractivity contribution in [3.8, 4) is 0 Å². The number of nitrogens with zero attached hydrogens (tertiary/aromatic N) is 1. The summed E-state index contributed by atoms with van der Waals surface area (Å²) in [4.78, 5) is 27.4. The number of piperidine rings is 1. The van der Waals surface area contributed by atoms with Crippen LogP contribution in [-0.2, 0) is 9.59 Å². The van der Waals surface area contributed by atoms with Gasteiger partial charge in [0.15, 0.2) is 0 Å². The van der Waals surface area contributed by atoms with Gasteiger partial charge in [0.1, 0.15) is 5.82 Å². The van der Waals surface area contributed by atoms with E-state index < -0.39 is 0 Å². The van der Waals surface area contributed by atoms with Crippen LogP contribution < -0.4 is 10.6 Å². The van der Waals surface area contributed by atoms with E-state index in [-0.39, 0.29) is 42.1 Å². The highest BCUT2D eigenvalue weighted by Gasteiger charge is 2.28. The lowest BCUT2D eigenvalue weighted by Gasteiger charge is -2.32. The third kappa shape index (κ3) is 6.13. The van der Waals surface area contributed by atoms with E-state index in [1.807, 2.05) is 49.1 Å². The zero-order chi connectivity index (χ0) is 21.5. The summed E-state index contributed by atoms with van der Waals surface area (Å²) < 4.78 is 13.2. The molecule has 1 aliphatic heterocycles. The Kier molecular flexibility index (Phi) is 7.57. The second kappa shape index (κ2) is 10.3. The van der Waals surface area contributed by atoms with Crippen LogP contribution in [0.1, 0.15) is 38.3 Å². The van der Waals surface area contributed by atoms with E-state index in [2.05, 4.69) is 10.6 Å². The van der Waals surface area contributed by atoms with Gasteiger partial charge in [0.2, 0.25) is 11.8 Å². The Morgan fingerprint density at radius 2 is 1.80 bits per heavy atom. The van der Waals surface area contributed by atoms with Crippen molar-refractivity contribution in [3.05, 3.63) is 66.0 Å². The Labute approximate surface area is 177 Å². The number of halogens is 1. The normalized spacial score (nSPS) is 18.1. The van der Waals surface area contributed by atoms with Gasteiger partial charge in [-0.15, -0.1) is 0 Å². The number of hydrogen-bond acceptors (Lipinski definition) is 3. The maximum Gasteiger partial charge on any atom is 0.234 e. The molecule has 6 heteroatoms. The molecule has 160 valence electrons. The molecule has 0 spiro atoms. The summed E-state index contributed by atoms with van der Waals surface area (Å²) in [7, 11) is 0. The number of nitrogens with one attached hydrogen (secondary N) is 2. The number of amides is 2. The number of carbonyl (C=O) groups excluding carboxylic acids is 2. The number of para-hydroxylation sites is 1. The van der Waals surface area contributed by atoms with E-state index in [4.69, 9.17) is 0 Å². The lowest BCUT2D eigenvalue weighted by atomic mass is 9.95. The van der Waals surface area contributed by atoms with Gasteiger partial charge < -0.3 is 10.6 Å². The highest BCUT2D eigenvalue weighted by molar-refractivity contribution is 5.92. The zero-order valence-electron chi connectivity index (χ0n) is 17.6. The predicted molar refractivity (Wildman–Crippen MR) is 116 cm³/mol. The van der Waals surface area contributed by atoms with Gasteiger partial charge in [-0.2, -0.15) is 0 Å². The van der Waals surface area contributed by atoms with E-state index >= 15 is 0 Å². The summed E-state index contributed by atoms with van der Waals surface area (Å²) in [6.45, 7) is 5.66. The van der Waals surface area contributed by atoms with E-state index in [1.54, 1.807) is 12.1 Å². The largest absolute Gasteiger partial charge is 0.348 e. The zero-order valence-corrected chi connectivity index (χ0v) is 17.6. The molecule has 30 heavy (non-hydrogen) atoms. The van der Waals surface area contributed by atoms with Crippen molar-refractivity contribution in [2.24, 2.45) is 11.8 Å². The first-order valence-electron chi connectivity index (χ1n) is 10.6. The van der Waals surface area contributed by atoms with Crippen LogP contribution in [0.5, 0.6) is 0 Å². The monoisotopic (exact) mass is 411 g/mol. The van der Waals surface area contributed by atoms with Crippen LogP contribution in [0.2, 0.25) is 0 Å². The van der Waals surface area contributed by atoms with Crippen LogP contribution in [0.4, 0.5) is 10.1 Å². The average Bonchev–Trinajstić information content (AvgIpc) is 2.73. The Hall–Kier alpha value is -2.73. The molecule has 0 radical (unpaired) electrons. The number of benzene rings is 2. The highest BCUT2D eigenvalue weighted by atomic mass is 19.1. The van der Waals surface area contributed by atoms with E-state index in [0.717, 1.165) is 30.6 Å². The lowest BCUT2D eigenvalue weighted by Crippen LogP contribution is -2.46. The van der Waals surface area contributed by atoms with Crippen molar-refractivity contribution in [1.82, 2.24) is 10.2 Å². The van der Waals surface area contributed by atoms with Gasteiger partial charge in [-0.1, -0.05) is 44.2 Å². The molecule has 5 nitrogen and oxygen atoms in total. The van der Waals surface area contributed by atoms with Crippen LogP contribution in [0.3, 0.4) is 0 Å². The Morgan fingerprint density at radius 3 is 2.47 bits per heavy atom. The molecule has 2 amide bonds. The molecule has 0 aliphatic carbocycles. The van der Waals surface area contributed by atoms with Crippen molar-refractivity contribution in [2.45, 2.75) is 32.7 Å². The molecule has 3 rings (SSSR count). The van der Waals surface area contributed by atoms with Crippen molar-refractivity contribution >= 4 is 17.5 Å². The van der Waals surface area contributed by atoms with Crippen LogP contribution in [0.25, 0.3) is 0 Å². The van der Waals surface area contributed by atoms with E-state index in [9.17, 15) is 14.0 Å². The van der Waals surface area contributed by atoms with Gasteiger partial charge in [-0.3, -0.25) is 14.5 Å². The molecule has 2 atom stereocenters. The minimum Gasteiger partial charge on any atom is -0.348 e. The number of anilines is 1. The molecule has 1 saturated heterocycles.